The van der Waals surface area contributed by atoms with E-state index in [0.717, 1.165) is 5.69 Å². The zero-order chi connectivity index (χ0) is 11.5. The summed E-state index contributed by atoms with van der Waals surface area (Å²) < 4.78 is 0. The molecule has 4 N–H and O–H groups in total. The van der Waals surface area contributed by atoms with Gasteiger partial charge in [-0.05, 0) is 19.1 Å². The predicted octanol–water partition coefficient (Wildman–Crippen LogP) is 0.948. The van der Waals surface area contributed by atoms with E-state index in [1.54, 1.807) is 12.1 Å². The molecular weight excluding hydrogens is 206 g/mol. The summed E-state index contributed by atoms with van der Waals surface area (Å²) in [6.45, 7) is 1.86. The minimum Gasteiger partial charge on any atom is -0.394 e. The summed E-state index contributed by atoms with van der Waals surface area (Å²) in [4.78, 5) is 15.8. The average Bonchev–Trinajstić information content (AvgIpc) is 2.65. The number of anilines is 2. The molecule has 16 heavy (non-hydrogen) atoms. The van der Waals surface area contributed by atoms with Gasteiger partial charge in [-0.25, -0.2) is 0 Å². The largest absolute Gasteiger partial charge is 0.394 e. The average molecular weight is 217 g/mol. The predicted molar refractivity (Wildman–Crippen MR) is 59.9 cm³/mol. The van der Waals surface area contributed by atoms with Crippen molar-refractivity contribution in [1.82, 2.24) is 15.2 Å². The number of nitrogens with two attached hydrogens (primary N) is 1. The molecule has 0 bridgehead atoms. The van der Waals surface area contributed by atoms with Crippen molar-refractivity contribution < 1.29 is 4.79 Å². The summed E-state index contributed by atoms with van der Waals surface area (Å²) in [5.74, 6) is 0.119. The van der Waals surface area contributed by atoms with E-state index >= 15 is 0 Å². The highest BCUT2D eigenvalue weighted by atomic mass is 16.1. The van der Waals surface area contributed by atoms with Gasteiger partial charge in [-0.1, -0.05) is 0 Å². The normalized spacial score (nSPS) is 10.1. The monoisotopic (exact) mass is 217 g/mol. The van der Waals surface area contributed by atoms with Crippen molar-refractivity contribution in [2.24, 2.45) is 0 Å². The molecule has 0 radical (unpaired) electrons. The molecule has 0 fully saturated rings. The second kappa shape index (κ2) is 4.01. The Morgan fingerprint density at radius 2 is 2.25 bits per heavy atom. The number of pyridine rings is 1. The third kappa shape index (κ3) is 2.00. The molecule has 0 aliphatic heterocycles. The van der Waals surface area contributed by atoms with Crippen molar-refractivity contribution >= 4 is 17.4 Å². The third-order valence-electron chi connectivity index (χ3n) is 2.08. The maximum absolute atomic E-state index is 11.7. The van der Waals surface area contributed by atoms with Crippen LogP contribution in [0.4, 0.5) is 11.5 Å². The quantitative estimate of drug-likeness (QED) is 0.697. The number of carbonyl (C=O) groups is 1. The fourth-order valence-corrected chi connectivity index (χ4v) is 1.18. The van der Waals surface area contributed by atoms with Crippen LogP contribution in [0.3, 0.4) is 0 Å². The number of hydrogen-bond acceptors (Lipinski definition) is 4. The highest BCUT2D eigenvalue weighted by Gasteiger charge is 2.09. The van der Waals surface area contributed by atoms with E-state index in [1.807, 2.05) is 6.92 Å². The number of nitrogens with one attached hydrogen (secondary N) is 2. The maximum Gasteiger partial charge on any atom is 0.258 e. The molecule has 2 aromatic rings. The van der Waals surface area contributed by atoms with Gasteiger partial charge < -0.3 is 11.1 Å². The van der Waals surface area contributed by atoms with Crippen LogP contribution < -0.4 is 11.1 Å². The Labute approximate surface area is 91.9 Å². The number of aromatic amines is 1. The van der Waals surface area contributed by atoms with Gasteiger partial charge in [0, 0.05) is 11.9 Å². The molecule has 2 heterocycles. The molecular formula is C10H11N5O. The van der Waals surface area contributed by atoms with E-state index in [2.05, 4.69) is 20.5 Å². The summed E-state index contributed by atoms with van der Waals surface area (Å²) in [6, 6.07) is 3.47. The Morgan fingerprint density at radius 1 is 1.44 bits per heavy atom. The molecule has 0 aliphatic carbocycles. The number of nitrogen functional groups attached to an aromatic ring is 1. The number of aryl methyl sites for hydroxylation is 1. The lowest BCUT2D eigenvalue weighted by molar-refractivity contribution is 0.102. The minimum atomic E-state index is -0.275. The molecule has 0 spiro atoms. The molecule has 0 atom stereocenters. The molecule has 2 rings (SSSR count). The Hall–Kier alpha value is -2.37. The van der Waals surface area contributed by atoms with Crippen LogP contribution in [0.5, 0.6) is 0 Å². The van der Waals surface area contributed by atoms with E-state index in [1.165, 1.54) is 12.4 Å². The van der Waals surface area contributed by atoms with Gasteiger partial charge in [-0.3, -0.25) is 14.9 Å². The summed E-state index contributed by atoms with van der Waals surface area (Å²) in [5.41, 5.74) is 7.29. The Morgan fingerprint density at radius 3 is 2.81 bits per heavy atom. The summed E-state index contributed by atoms with van der Waals surface area (Å²) in [5, 5.41) is 8.90. The Bertz CT molecular complexity index is 502. The first-order valence-corrected chi connectivity index (χ1v) is 4.69. The number of rotatable bonds is 2. The Balaban J connectivity index is 2.15. The number of nitrogens with zero attached hydrogens (tertiary/aromatic N) is 2. The van der Waals surface area contributed by atoms with Crippen molar-refractivity contribution in [3.8, 4) is 0 Å². The van der Waals surface area contributed by atoms with Gasteiger partial charge in [0.15, 0.2) is 5.82 Å². The summed E-state index contributed by atoms with van der Waals surface area (Å²) in [7, 11) is 0. The summed E-state index contributed by atoms with van der Waals surface area (Å²) in [6.07, 6.45) is 2.94. The fourth-order valence-electron chi connectivity index (χ4n) is 1.18. The highest BCUT2D eigenvalue weighted by Crippen LogP contribution is 2.13. The molecule has 0 saturated heterocycles. The van der Waals surface area contributed by atoms with Crippen LogP contribution in [0.2, 0.25) is 0 Å². The standard InChI is InChI=1S/C10H11N5O/c1-6-2-3-7(4-12-6)10(16)14-9-8(11)5-13-15-9/h2-5H,11H2,1H3,(H2,13,14,15,16). The molecule has 0 unspecified atom stereocenters. The minimum absolute atomic E-state index is 0.275. The topological polar surface area (TPSA) is 96.7 Å². The van der Waals surface area contributed by atoms with Crippen molar-refractivity contribution in [3.05, 3.63) is 35.8 Å². The molecule has 6 heteroatoms. The van der Waals surface area contributed by atoms with Crippen LogP contribution in [-0.2, 0) is 0 Å². The van der Waals surface area contributed by atoms with Gasteiger partial charge in [-0.15, -0.1) is 0 Å². The van der Waals surface area contributed by atoms with Crippen molar-refractivity contribution in [2.45, 2.75) is 6.92 Å². The van der Waals surface area contributed by atoms with Gasteiger partial charge in [0.25, 0.3) is 5.91 Å². The van der Waals surface area contributed by atoms with Gasteiger partial charge in [0.05, 0.1) is 17.4 Å². The fraction of sp³-hybridized carbons (Fsp3) is 0.100. The van der Waals surface area contributed by atoms with Crippen LogP contribution in [-0.4, -0.2) is 21.1 Å². The lowest BCUT2D eigenvalue weighted by Crippen LogP contribution is -2.13. The number of amides is 1. The first-order valence-electron chi connectivity index (χ1n) is 4.69. The lowest BCUT2D eigenvalue weighted by atomic mass is 10.2. The van der Waals surface area contributed by atoms with Crippen LogP contribution >= 0.6 is 0 Å². The van der Waals surface area contributed by atoms with E-state index in [-0.39, 0.29) is 5.91 Å². The number of carbonyl (C=O) groups excluding carboxylic acids is 1. The first kappa shape index (κ1) is 10.2. The van der Waals surface area contributed by atoms with Crippen LogP contribution in [0.15, 0.2) is 24.5 Å². The second-order valence-electron chi connectivity index (χ2n) is 3.34. The molecule has 0 aliphatic rings. The zero-order valence-corrected chi connectivity index (χ0v) is 8.69. The zero-order valence-electron chi connectivity index (χ0n) is 8.69. The van der Waals surface area contributed by atoms with Crippen molar-refractivity contribution in [2.75, 3.05) is 11.1 Å². The van der Waals surface area contributed by atoms with E-state index in [4.69, 9.17) is 5.73 Å². The number of aromatic nitrogens is 3. The maximum atomic E-state index is 11.7. The molecule has 82 valence electrons. The van der Waals surface area contributed by atoms with Crippen molar-refractivity contribution in [3.63, 3.8) is 0 Å². The van der Waals surface area contributed by atoms with E-state index in [0.29, 0.717) is 17.1 Å². The third-order valence-corrected chi connectivity index (χ3v) is 2.08. The molecule has 1 amide bonds. The number of H-pyrrole nitrogens is 1. The Kier molecular flexibility index (Phi) is 2.55. The van der Waals surface area contributed by atoms with Crippen molar-refractivity contribution in [1.29, 1.82) is 0 Å². The van der Waals surface area contributed by atoms with Gasteiger partial charge in [0.2, 0.25) is 0 Å². The van der Waals surface area contributed by atoms with Crippen LogP contribution in [0.25, 0.3) is 0 Å². The first-order chi connectivity index (χ1) is 7.66. The van der Waals surface area contributed by atoms with Gasteiger partial charge >= 0.3 is 0 Å². The highest BCUT2D eigenvalue weighted by molar-refractivity contribution is 6.04. The second-order valence-corrected chi connectivity index (χ2v) is 3.34. The number of hydrogen-bond donors (Lipinski definition) is 3. The SMILES string of the molecule is Cc1ccc(C(=O)Nc2[nH]ncc2N)cn1. The van der Waals surface area contributed by atoms with E-state index in [9.17, 15) is 4.79 Å². The lowest BCUT2D eigenvalue weighted by Gasteiger charge is -2.03. The van der Waals surface area contributed by atoms with Gasteiger partial charge in [-0.2, -0.15) is 5.10 Å². The molecule has 0 aromatic carbocycles. The summed E-state index contributed by atoms with van der Waals surface area (Å²) >= 11 is 0. The van der Waals surface area contributed by atoms with Crippen LogP contribution in [0, 0.1) is 6.92 Å². The van der Waals surface area contributed by atoms with Crippen LogP contribution in [0.1, 0.15) is 16.1 Å². The van der Waals surface area contributed by atoms with E-state index < -0.39 is 0 Å². The molecule has 6 nitrogen and oxygen atoms in total. The molecule has 0 saturated carbocycles. The van der Waals surface area contributed by atoms with Gasteiger partial charge in [0.1, 0.15) is 0 Å². The smallest absolute Gasteiger partial charge is 0.258 e. The molecule has 2 aromatic heterocycles.